The second-order valence-corrected chi connectivity index (χ2v) is 6.12. The van der Waals surface area contributed by atoms with Crippen molar-refractivity contribution in [2.75, 3.05) is 26.2 Å². The van der Waals surface area contributed by atoms with Gasteiger partial charge < -0.3 is 10.1 Å². The minimum atomic E-state index is -0.210. The van der Waals surface area contributed by atoms with Crippen LogP contribution in [0.5, 0.6) is 0 Å². The lowest BCUT2D eigenvalue weighted by Gasteiger charge is -2.40. The molecule has 1 aliphatic heterocycles. The lowest BCUT2D eigenvalue weighted by atomic mass is 10.0. The van der Waals surface area contributed by atoms with Gasteiger partial charge in [-0.25, -0.2) is 0 Å². The fourth-order valence-corrected chi connectivity index (χ4v) is 3.00. The number of morpholine rings is 1. The summed E-state index contributed by atoms with van der Waals surface area (Å²) in [5.41, 5.74) is 1.11. The van der Waals surface area contributed by atoms with Crippen LogP contribution in [0.25, 0.3) is 0 Å². The van der Waals surface area contributed by atoms with Gasteiger partial charge in [0, 0.05) is 32.3 Å². The van der Waals surface area contributed by atoms with E-state index >= 15 is 0 Å². The molecule has 1 N–H and O–H groups in total. The topological polar surface area (TPSA) is 59.4 Å². The second-order valence-electron chi connectivity index (χ2n) is 6.12. The molecule has 1 amide bonds. The van der Waals surface area contributed by atoms with Crippen molar-refractivity contribution in [2.45, 2.75) is 31.9 Å². The zero-order chi connectivity index (χ0) is 16.2. The first kappa shape index (κ1) is 16.0. The van der Waals surface area contributed by atoms with Crippen molar-refractivity contribution < 1.29 is 9.53 Å². The Labute approximate surface area is 137 Å². The van der Waals surface area contributed by atoms with Crippen LogP contribution in [0.1, 0.15) is 31.5 Å². The van der Waals surface area contributed by atoms with Crippen LogP contribution in [-0.2, 0) is 16.6 Å². The van der Waals surface area contributed by atoms with Gasteiger partial charge in [0.15, 0.2) is 0 Å². The van der Waals surface area contributed by atoms with Crippen molar-refractivity contribution in [3.05, 3.63) is 18.0 Å². The summed E-state index contributed by atoms with van der Waals surface area (Å²) in [6, 6.07) is 2.11. The minimum Gasteiger partial charge on any atom is -0.373 e. The maximum atomic E-state index is 11.9. The maximum Gasteiger partial charge on any atom is 0.295 e. The molecule has 1 aliphatic carbocycles. The Morgan fingerprint density at radius 3 is 3.00 bits per heavy atom. The highest BCUT2D eigenvalue weighted by molar-refractivity contribution is 5.93. The van der Waals surface area contributed by atoms with Crippen molar-refractivity contribution in [3.63, 3.8) is 0 Å². The van der Waals surface area contributed by atoms with E-state index in [0.29, 0.717) is 19.1 Å². The molecule has 0 bridgehead atoms. The van der Waals surface area contributed by atoms with Crippen molar-refractivity contribution in [3.8, 4) is 11.8 Å². The standard InChI is InChI=1S/C17H24N4O2/c1-3-21-10-11-23-15(17(21)14-8-9-19-20(14)2)12-18-16(22)7-6-13-4-5-13/h8-9,13,15,17H,3-5,10-12H2,1-2H3,(H,18,22)/t15-,17-/m0/s1. The minimum absolute atomic E-state index is 0.0919. The second kappa shape index (κ2) is 7.16. The van der Waals surface area contributed by atoms with Crippen LogP contribution in [0.2, 0.25) is 0 Å². The van der Waals surface area contributed by atoms with Crippen LogP contribution in [0.3, 0.4) is 0 Å². The molecule has 3 rings (SSSR count). The first-order valence-electron chi connectivity index (χ1n) is 8.32. The summed E-state index contributed by atoms with van der Waals surface area (Å²) in [7, 11) is 1.94. The summed E-state index contributed by atoms with van der Waals surface area (Å²) in [5.74, 6) is 5.89. The molecule has 23 heavy (non-hydrogen) atoms. The molecule has 0 unspecified atom stereocenters. The SMILES string of the molecule is CCN1CCO[C@@H](CNC(=O)C#CC2CC2)[C@@H]1c1ccnn1C. The van der Waals surface area contributed by atoms with E-state index in [0.717, 1.165) is 31.6 Å². The van der Waals surface area contributed by atoms with E-state index in [-0.39, 0.29) is 18.1 Å². The Kier molecular flexibility index (Phi) is 4.99. The Balaban J connectivity index is 1.66. The van der Waals surface area contributed by atoms with E-state index in [2.05, 4.69) is 34.1 Å². The summed E-state index contributed by atoms with van der Waals surface area (Å²) in [6.07, 6.45) is 3.96. The Hall–Kier alpha value is -1.84. The average Bonchev–Trinajstić information content (AvgIpc) is 3.30. The molecule has 1 aromatic heterocycles. The number of aryl methyl sites for hydroxylation is 1. The maximum absolute atomic E-state index is 11.9. The van der Waals surface area contributed by atoms with Gasteiger partial charge in [-0.1, -0.05) is 12.8 Å². The highest BCUT2D eigenvalue weighted by Gasteiger charge is 2.34. The predicted octanol–water partition coefficient (Wildman–Crippen LogP) is 0.711. The molecule has 6 heteroatoms. The molecule has 2 heterocycles. The molecule has 1 aromatic rings. The molecule has 124 valence electrons. The van der Waals surface area contributed by atoms with Gasteiger partial charge in [-0.15, -0.1) is 0 Å². The molecule has 2 atom stereocenters. The summed E-state index contributed by atoms with van der Waals surface area (Å²) < 4.78 is 7.82. The number of aromatic nitrogens is 2. The fraction of sp³-hybridized carbons (Fsp3) is 0.647. The van der Waals surface area contributed by atoms with Gasteiger partial charge in [0.1, 0.15) is 0 Å². The normalized spacial score (nSPS) is 24.8. The van der Waals surface area contributed by atoms with Crippen molar-refractivity contribution in [1.29, 1.82) is 0 Å². The quantitative estimate of drug-likeness (QED) is 0.831. The first-order chi connectivity index (χ1) is 11.2. The molecule has 0 radical (unpaired) electrons. The number of ether oxygens (including phenoxy) is 1. The van der Waals surface area contributed by atoms with Gasteiger partial charge in [-0.3, -0.25) is 14.4 Å². The number of carbonyl (C=O) groups is 1. The summed E-state index contributed by atoms with van der Waals surface area (Å²) in [5, 5.41) is 7.17. The number of carbonyl (C=O) groups excluding carboxylic acids is 1. The molecule has 2 aliphatic rings. The fourth-order valence-electron chi connectivity index (χ4n) is 3.00. The van der Waals surface area contributed by atoms with Crippen molar-refractivity contribution in [2.24, 2.45) is 13.0 Å². The van der Waals surface area contributed by atoms with E-state index in [1.807, 2.05) is 17.8 Å². The van der Waals surface area contributed by atoms with Crippen LogP contribution in [0, 0.1) is 17.8 Å². The third-order valence-electron chi connectivity index (χ3n) is 4.46. The van der Waals surface area contributed by atoms with E-state index in [1.54, 1.807) is 6.20 Å². The van der Waals surface area contributed by atoms with E-state index < -0.39 is 0 Å². The van der Waals surface area contributed by atoms with Crippen LogP contribution in [0.15, 0.2) is 12.3 Å². The lowest BCUT2D eigenvalue weighted by molar-refractivity contribution is -0.118. The lowest BCUT2D eigenvalue weighted by Crippen LogP contribution is -2.50. The molecule has 6 nitrogen and oxygen atoms in total. The predicted molar refractivity (Wildman–Crippen MR) is 86.4 cm³/mol. The number of likely N-dealkylation sites (N-methyl/N-ethyl adjacent to an activating group) is 1. The highest BCUT2D eigenvalue weighted by atomic mass is 16.5. The summed E-state index contributed by atoms with van der Waals surface area (Å²) in [6.45, 7) is 5.11. The van der Waals surface area contributed by atoms with Crippen LogP contribution < -0.4 is 5.32 Å². The number of nitrogens with one attached hydrogen (secondary N) is 1. The Morgan fingerprint density at radius 1 is 1.52 bits per heavy atom. The van der Waals surface area contributed by atoms with Gasteiger partial charge in [-0.05, 0) is 31.4 Å². The van der Waals surface area contributed by atoms with E-state index in [1.165, 1.54) is 0 Å². The number of hydrogen-bond acceptors (Lipinski definition) is 4. The van der Waals surface area contributed by atoms with Gasteiger partial charge >= 0.3 is 0 Å². The summed E-state index contributed by atoms with van der Waals surface area (Å²) in [4.78, 5) is 14.2. The third-order valence-corrected chi connectivity index (χ3v) is 4.46. The molecular weight excluding hydrogens is 292 g/mol. The van der Waals surface area contributed by atoms with Crippen LogP contribution in [0.4, 0.5) is 0 Å². The zero-order valence-corrected chi connectivity index (χ0v) is 13.8. The number of amides is 1. The third kappa shape index (κ3) is 3.92. The van der Waals surface area contributed by atoms with Crippen molar-refractivity contribution >= 4 is 5.91 Å². The van der Waals surface area contributed by atoms with Gasteiger partial charge in [-0.2, -0.15) is 5.10 Å². The van der Waals surface area contributed by atoms with Gasteiger partial charge in [0.25, 0.3) is 5.91 Å². The molecule has 2 fully saturated rings. The molecular formula is C17H24N4O2. The Bertz CT molecular complexity index is 612. The Morgan fingerprint density at radius 2 is 2.35 bits per heavy atom. The van der Waals surface area contributed by atoms with E-state index in [4.69, 9.17) is 4.74 Å². The number of nitrogens with zero attached hydrogens (tertiary/aromatic N) is 3. The van der Waals surface area contributed by atoms with E-state index in [9.17, 15) is 4.79 Å². The molecule has 0 aromatic carbocycles. The average molecular weight is 316 g/mol. The largest absolute Gasteiger partial charge is 0.373 e. The van der Waals surface area contributed by atoms with Crippen LogP contribution >= 0.6 is 0 Å². The zero-order valence-electron chi connectivity index (χ0n) is 13.8. The highest BCUT2D eigenvalue weighted by Crippen LogP contribution is 2.29. The van der Waals surface area contributed by atoms with Crippen LogP contribution in [-0.4, -0.2) is 52.9 Å². The summed E-state index contributed by atoms with van der Waals surface area (Å²) >= 11 is 0. The molecule has 0 spiro atoms. The van der Waals surface area contributed by atoms with Gasteiger partial charge in [0.2, 0.25) is 0 Å². The first-order valence-corrected chi connectivity index (χ1v) is 8.32. The number of rotatable bonds is 4. The molecule has 1 saturated heterocycles. The molecule has 1 saturated carbocycles. The monoisotopic (exact) mass is 316 g/mol. The van der Waals surface area contributed by atoms with Gasteiger partial charge in [0.05, 0.1) is 24.4 Å². The number of hydrogen-bond donors (Lipinski definition) is 1. The smallest absolute Gasteiger partial charge is 0.295 e. The van der Waals surface area contributed by atoms with Crippen molar-refractivity contribution in [1.82, 2.24) is 20.0 Å².